The maximum Gasteiger partial charge on any atom is 0.416 e. The molecule has 0 bridgehead atoms. The van der Waals surface area contributed by atoms with Crippen LogP contribution in [0.3, 0.4) is 0 Å². The molecule has 1 atom stereocenters. The van der Waals surface area contributed by atoms with Gasteiger partial charge in [0.15, 0.2) is 5.78 Å². The molecule has 1 N–H and O–H groups in total. The first-order valence-electron chi connectivity index (χ1n) is 6.02. The van der Waals surface area contributed by atoms with Crippen LogP contribution < -0.4 is 4.90 Å². The van der Waals surface area contributed by atoms with Crippen molar-refractivity contribution in [3.05, 3.63) is 29.3 Å². The first-order valence-corrected chi connectivity index (χ1v) is 6.02. The van der Waals surface area contributed by atoms with Crippen molar-refractivity contribution in [3.63, 3.8) is 0 Å². The molecule has 20 heavy (non-hydrogen) atoms. The van der Waals surface area contributed by atoms with Gasteiger partial charge >= 0.3 is 12.3 Å². The number of carboxylic acid groups (broad SMARTS) is 1. The number of nitrogens with zero attached hydrogens (tertiary/aromatic N) is 1. The molecule has 1 aliphatic heterocycles. The Labute approximate surface area is 112 Å². The van der Waals surface area contributed by atoms with Gasteiger partial charge in [0.1, 0.15) is 0 Å². The molecule has 0 spiro atoms. The van der Waals surface area contributed by atoms with Crippen LogP contribution in [0.1, 0.15) is 35.7 Å². The second-order valence-electron chi connectivity index (χ2n) is 4.57. The number of anilines is 1. The van der Waals surface area contributed by atoms with E-state index in [0.29, 0.717) is 6.42 Å². The van der Waals surface area contributed by atoms with Gasteiger partial charge in [-0.25, -0.2) is 4.79 Å². The molecule has 1 aliphatic rings. The van der Waals surface area contributed by atoms with E-state index in [1.165, 1.54) is 0 Å². The number of rotatable bonds is 1. The van der Waals surface area contributed by atoms with Crippen molar-refractivity contribution in [1.82, 2.24) is 0 Å². The van der Waals surface area contributed by atoms with Crippen molar-refractivity contribution in [2.75, 3.05) is 4.90 Å². The number of amides is 1. The van der Waals surface area contributed by atoms with Crippen molar-refractivity contribution in [2.45, 2.75) is 32.0 Å². The fourth-order valence-corrected chi connectivity index (χ4v) is 2.34. The van der Waals surface area contributed by atoms with Crippen molar-refractivity contribution in [1.29, 1.82) is 0 Å². The van der Waals surface area contributed by atoms with E-state index in [0.717, 1.165) is 23.1 Å². The minimum absolute atomic E-state index is 0.0219. The van der Waals surface area contributed by atoms with Crippen molar-refractivity contribution < 1.29 is 27.9 Å². The monoisotopic (exact) mass is 287 g/mol. The van der Waals surface area contributed by atoms with Gasteiger partial charge in [-0.15, -0.1) is 0 Å². The molecule has 1 unspecified atom stereocenters. The number of benzene rings is 1. The molecule has 1 aromatic rings. The normalized spacial score (nSPS) is 18.9. The summed E-state index contributed by atoms with van der Waals surface area (Å²) in [6, 6.07) is 2.02. The number of carbonyl (C=O) groups excluding carboxylic acids is 1. The summed E-state index contributed by atoms with van der Waals surface area (Å²) >= 11 is 0. The van der Waals surface area contributed by atoms with Gasteiger partial charge in [-0.1, -0.05) is 6.92 Å². The largest absolute Gasteiger partial charge is 0.465 e. The van der Waals surface area contributed by atoms with Crippen LogP contribution in [0.15, 0.2) is 18.2 Å². The molecule has 1 aromatic carbocycles. The Morgan fingerprint density at radius 1 is 1.45 bits per heavy atom. The molecule has 0 fully saturated rings. The Bertz CT molecular complexity index is 568. The number of alkyl halides is 3. The molecule has 0 saturated heterocycles. The Morgan fingerprint density at radius 2 is 2.10 bits per heavy atom. The van der Waals surface area contributed by atoms with Gasteiger partial charge in [0.25, 0.3) is 0 Å². The molecular formula is C13H12F3NO3. The van der Waals surface area contributed by atoms with E-state index in [4.69, 9.17) is 0 Å². The maximum absolute atomic E-state index is 12.6. The maximum atomic E-state index is 12.6. The van der Waals surface area contributed by atoms with Crippen LogP contribution >= 0.6 is 0 Å². The molecule has 1 amide bonds. The van der Waals surface area contributed by atoms with Crippen molar-refractivity contribution in [3.8, 4) is 0 Å². The number of fused-ring (bicyclic) bond motifs is 1. The van der Waals surface area contributed by atoms with Crippen LogP contribution in [-0.4, -0.2) is 23.0 Å². The van der Waals surface area contributed by atoms with E-state index in [9.17, 15) is 27.9 Å². The lowest BCUT2D eigenvalue weighted by molar-refractivity contribution is -0.137. The summed E-state index contributed by atoms with van der Waals surface area (Å²) in [6.07, 6.45) is -5.52. The van der Waals surface area contributed by atoms with Gasteiger partial charge in [-0.2, -0.15) is 13.2 Å². The molecule has 108 valence electrons. The topological polar surface area (TPSA) is 57.6 Å². The van der Waals surface area contributed by atoms with Crippen LogP contribution in [0.2, 0.25) is 0 Å². The molecule has 0 aliphatic carbocycles. The number of carbonyl (C=O) groups is 2. The van der Waals surface area contributed by atoms with E-state index >= 15 is 0 Å². The average Bonchev–Trinajstić information content (AvgIpc) is 2.36. The molecular weight excluding hydrogens is 275 g/mol. The quantitative estimate of drug-likeness (QED) is 0.859. The summed E-state index contributed by atoms with van der Waals surface area (Å²) in [5, 5.41) is 9.19. The summed E-state index contributed by atoms with van der Waals surface area (Å²) in [6.45, 7) is 1.73. The van der Waals surface area contributed by atoms with Gasteiger partial charge in [0.05, 0.1) is 11.3 Å². The molecule has 1 heterocycles. The molecule has 4 nitrogen and oxygen atoms in total. The average molecular weight is 287 g/mol. The highest BCUT2D eigenvalue weighted by atomic mass is 19.4. The van der Waals surface area contributed by atoms with Crippen LogP contribution in [-0.2, 0) is 6.18 Å². The molecule has 0 aromatic heterocycles. The highest BCUT2D eigenvalue weighted by molar-refractivity contribution is 6.08. The first kappa shape index (κ1) is 14.4. The van der Waals surface area contributed by atoms with Crippen LogP contribution in [0.25, 0.3) is 0 Å². The van der Waals surface area contributed by atoms with E-state index in [2.05, 4.69) is 0 Å². The minimum Gasteiger partial charge on any atom is -0.465 e. The Hall–Kier alpha value is -2.05. The first-order chi connectivity index (χ1) is 9.25. The van der Waals surface area contributed by atoms with Gasteiger partial charge in [0, 0.05) is 18.0 Å². The van der Waals surface area contributed by atoms with E-state index in [-0.39, 0.29) is 17.7 Å². The number of hydrogen-bond acceptors (Lipinski definition) is 2. The second kappa shape index (κ2) is 4.81. The zero-order valence-electron chi connectivity index (χ0n) is 10.6. The molecule has 0 saturated carbocycles. The molecule has 0 radical (unpaired) electrons. The second-order valence-corrected chi connectivity index (χ2v) is 4.57. The van der Waals surface area contributed by atoms with Gasteiger partial charge in [0.2, 0.25) is 0 Å². The van der Waals surface area contributed by atoms with Crippen molar-refractivity contribution in [2.24, 2.45) is 0 Å². The highest BCUT2D eigenvalue weighted by Gasteiger charge is 2.37. The summed E-state index contributed by atoms with van der Waals surface area (Å²) < 4.78 is 37.9. The summed E-state index contributed by atoms with van der Waals surface area (Å²) in [5.41, 5.74) is -1.12. The van der Waals surface area contributed by atoms with E-state index in [1.54, 1.807) is 6.92 Å². The SMILES string of the molecule is CCC1CC(=O)c2cc(C(F)(F)F)ccc2N1C(=O)O. The fraction of sp³-hybridized carbons (Fsp3) is 0.385. The van der Waals surface area contributed by atoms with Gasteiger partial charge < -0.3 is 5.11 Å². The number of ketones is 1. The third-order valence-corrected chi connectivity index (χ3v) is 3.35. The summed E-state index contributed by atoms with van der Waals surface area (Å²) in [4.78, 5) is 24.2. The van der Waals surface area contributed by atoms with Crippen molar-refractivity contribution >= 4 is 17.6 Å². The van der Waals surface area contributed by atoms with Crippen LogP contribution in [0.5, 0.6) is 0 Å². The smallest absolute Gasteiger partial charge is 0.416 e. The Morgan fingerprint density at radius 3 is 2.60 bits per heavy atom. The molecule has 2 rings (SSSR count). The third kappa shape index (κ3) is 2.35. The predicted molar refractivity (Wildman–Crippen MR) is 65.0 cm³/mol. The standard InChI is InChI=1S/C13H12F3NO3/c1-2-8-6-11(18)9-5-7(13(14,15)16)3-4-10(9)17(8)12(19)20/h3-5,8H,2,6H2,1H3,(H,19,20). The zero-order valence-corrected chi connectivity index (χ0v) is 10.6. The van der Waals surface area contributed by atoms with Crippen LogP contribution in [0.4, 0.5) is 23.7 Å². The lowest BCUT2D eigenvalue weighted by atomic mass is 9.92. The van der Waals surface area contributed by atoms with Gasteiger partial charge in [-0.05, 0) is 24.6 Å². The van der Waals surface area contributed by atoms with Crippen LogP contribution in [0, 0.1) is 0 Å². The van der Waals surface area contributed by atoms with Gasteiger partial charge in [-0.3, -0.25) is 9.69 Å². The lowest BCUT2D eigenvalue weighted by Crippen LogP contribution is -2.44. The Balaban J connectivity index is 2.57. The number of hydrogen-bond donors (Lipinski definition) is 1. The summed E-state index contributed by atoms with van der Waals surface area (Å²) in [7, 11) is 0. The number of halogens is 3. The number of Topliss-reactive ketones (excluding diaryl/α,β-unsaturated/α-hetero) is 1. The minimum atomic E-state index is -4.56. The Kier molecular flexibility index (Phi) is 3.45. The molecule has 7 heteroatoms. The van der Waals surface area contributed by atoms with E-state index in [1.807, 2.05) is 0 Å². The predicted octanol–water partition coefficient (Wildman–Crippen LogP) is 3.55. The third-order valence-electron chi connectivity index (χ3n) is 3.35. The lowest BCUT2D eigenvalue weighted by Gasteiger charge is -2.34. The summed E-state index contributed by atoms with van der Waals surface area (Å²) in [5.74, 6) is -0.463. The highest BCUT2D eigenvalue weighted by Crippen LogP contribution is 2.37. The fourth-order valence-electron chi connectivity index (χ4n) is 2.34. The zero-order chi connectivity index (χ0) is 15.1. The van der Waals surface area contributed by atoms with E-state index < -0.39 is 29.7 Å².